The van der Waals surface area contributed by atoms with Crippen molar-refractivity contribution in [2.45, 2.75) is 52.4 Å². The molecule has 0 atom stereocenters. The first-order valence-electron chi connectivity index (χ1n) is 6.24. The minimum atomic E-state index is 0. The van der Waals surface area contributed by atoms with Gasteiger partial charge in [-0.3, -0.25) is 5.48 Å². The molecule has 0 bridgehead atoms. The highest BCUT2D eigenvalue weighted by molar-refractivity contribution is 5.33. The van der Waals surface area contributed by atoms with Crippen LogP contribution < -0.4 is 0 Å². The summed E-state index contributed by atoms with van der Waals surface area (Å²) in [6.45, 7) is 6.83. The highest BCUT2D eigenvalue weighted by Gasteiger charge is 2.20. The lowest BCUT2D eigenvalue weighted by atomic mass is 9.78. The standard InChI is InChI=1S/C15H22.H2O.HO/c1-11-4-7-14(8-5-11)15-9-6-12(2)10-13(15)3;;/h6,9-11,14H,4-5,7-8H2,1-3H3;1H2;1H. The minimum absolute atomic E-state index is 0. The molecule has 0 aliphatic heterocycles. The Balaban J connectivity index is 0.00000128. The molecule has 0 amide bonds. The van der Waals surface area contributed by atoms with Gasteiger partial charge in [0.1, 0.15) is 0 Å². The Morgan fingerprint density at radius 1 is 1.00 bits per heavy atom. The zero-order chi connectivity index (χ0) is 10.8. The van der Waals surface area contributed by atoms with E-state index in [-0.39, 0.29) is 11.0 Å². The Hall–Kier alpha value is -0.860. The van der Waals surface area contributed by atoms with Gasteiger partial charge in [0, 0.05) is 0 Å². The van der Waals surface area contributed by atoms with Gasteiger partial charge < -0.3 is 5.48 Å². The molecular weight excluding hydrogens is 212 g/mol. The number of aryl methyl sites for hydroxylation is 2. The Morgan fingerprint density at radius 3 is 2.12 bits per heavy atom. The Morgan fingerprint density at radius 2 is 1.59 bits per heavy atom. The van der Waals surface area contributed by atoms with Gasteiger partial charge in [-0.2, -0.15) is 0 Å². The van der Waals surface area contributed by atoms with E-state index in [2.05, 4.69) is 39.0 Å². The summed E-state index contributed by atoms with van der Waals surface area (Å²) in [7, 11) is 0. The summed E-state index contributed by atoms with van der Waals surface area (Å²) in [5.41, 5.74) is 4.49. The molecule has 3 N–H and O–H groups in total. The van der Waals surface area contributed by atoms with Gasteiger partial charge >= 0.3 is 0 Å². The van der Waals surface area contributed by atoms with E-state index in [1.54, 1.807) is 5.56 Å². The number of rotatable bonds is 1. The first-order chi connectivity index (χ1) is 7.16. The third-order valence-corrected chi connectivity index (χ3v) is 3.88. The summed E-state index contributed by atoms with van der Waals surface area (Å²) in [6, 6.07) is 6.94. The van der Waals surface area contributed by atoms with E-state index in [1.807, 2.05) is 0 Å². The van der Waals surface area contributed by atoms with E-state index in [4.69, 9.17) is 0 Å². The smallest absolute Gasteiger partial charge is 0.0159 e. The third kappa shape index (κ3) is 3.83. The van der Waals surface area contributed by atoms with Crippen molar-refractivity contribution >= 4 is 0 Å². The molecular formula is C15H25O2. The minimum Gasteiger partial charge on any atom is -0.412 e. The molecule has 0 unspecified atom stereocenters. The molecule has 0 saturated heterocycles. The van der Waals surface area contributed by atoms with Crippen LogP contribution in [-0.2, 0) is 0 Å². The maximum absolute atomic E-state index is 2.39. The van der Waals surface area contributed by atoms with Crippen molar-refractivity contribution in [3.05, 3.63) is 34.9 Å². The molecule has 0 spiro atoms. The Bertz CT molecular complexity index is 339. The molecule has 1 saturated carbocycles. The van der Waals surface area contributed by atoms with Crippen LogP contribution in [0.15, 0.2) is 18.2 Å². The topological polar surface area (TPSA) is 61.5 Å². The summed E-state index contributed by atoms with van der Waals surface area (Å²) >= 11 is 0. The first-order valence-corrected chi connectivity index (χ1v) is 6.24. The molecule has 1 aromatic carbocycles. The Kier molecular flexibility index (Phi) is 6.43. The predicted molar refractivity (Wildman–Crippen MR) is 71.8 cm³/mol. The van der Waals surface area contributed by atoms with Gasteiger partial charge in [-0.1, -0.05) is 43.5 Å². The third-order valence-electron chi connectivity index (χ3n) is 3.88. The van der Waals surface area contributed by atoms with Gasteiger partial charge in [0.25, 0.3) is 0 Å². The molecule has 17 heavy (non-hydrogen) atoms. The van der Waals surface area contributed by atoms with Gasteiger partial charge in [-0.15, -0.1) is 0 Å². The van der Waals surface area contributed by atoms with E-state index in [0.717, 1.165) is 11.8 Å². The van der Waals surface area contributed by atoms with Crippen molar-refractivity contribution in [3.63, 3.8) is 0 Å². The molecule has 97 valence electrons. The fourth-order valence-electron chi connectivity index (χ4n) is 2.85. The summed E-state index contributed by atoms with van der Waals surface area (Å²) < 4.78 is 0. The van der Waals surface area contributed by atoms with Crippen LogP contribution in [0.4, 0.5) is 0 Å². The van der Waals surface area contributed by atoms with Crippen molar-refractivity contribution in [2.24, 2.45) is 5.92 Å². The van der Waals surface area contributed by atoms with Gasteiger partial charge in [0.2, 0.25) is 0 Å². The van der Waals surface area contributed by atoms with Crippen LogP contribution in [0.2, 0.25) is 0 Å². The van der Waals surface area contributed by atoms with Crippen molar-refractivity contribution in [3.8, 4) is 0 Å². The summed E-state index contributed by atoms with van der Waals surface area (Å²) in [5, 5.41) is 0. The molecule has 1 radical (unpaired) electrons. The maximum Gasteiger partial charge on any atom is -0.0159 e. The van der Waals surface area contributed by atoms with Crippen LogP contribution in [0.3, 0.4) is 0 Å². The normalized spacial score (nSPS) is 23.5. The molecule has 1 aliphatic rings. The van der Waals surface area contributed by atoms with Gasteiger partial charge in [0.05, 0.1) is 0 Å². The van der Waals surface area contributed by atoms with Gasteiger partial charge in [-0.25, -0.2) is 0 Å². The summed E-state index contributed by atoms with van der Waals surface area (Å²) in [6.07, 6.45) is 5.62. The highest BCUT2D eigenvalue weighted by Crippen LogP contribution is 2.36. The largest absolute Gasteiger partial charge is 0.412 e. The van der Waals surface area contributed by atoms with Crippen molar-refractivity contribution in [1.29, 1.82) is 0 Å². The summed E-state index contributed by atoms with van der Waals surface area (Å²) in [4.78, 5) is 0. The highest BCUT2D eigenvalue weighted by atomic mass is 16.0. The second-order valence-corrected chi connectivity index (χ2v) is 5.32. The van der Waals surface area contributed by atoms with Crippen molar-refractivity contribution in [1.82, 2.24) is 0 Å². The lowest BCUT2D eigenvalue weighted by Crippen LogP contribution is -2.11. The number of hydrogen-bond acceptors (Lipinski definition) is 0. The van der Waals surface area contributed by atoms with Crippen LogP contribution in [0, 0.1) is 19.8 Å². The molecule has 2 heteroatoms. The second-order valence-electron chi connectivity index (χ2n) is 5.32. The zero-order valence-corrected chi connectivity index (χ0v) is 11.2. The first kappa shape index (κ1) is 16.1. The van der Waals surface area contributed by atoms with E-state index in [9.17, 15) is 0 Å². The SMILES string of the molecule is Cc1ccc(C2CCC(C)CC2)c(C)c1.O.[OH]. The molecule has 2 nitrogen and oxygen atoms in total. The zero-order valence-electron chi connectivity index (χ0n) is 11.2. The monoisotopic (exact) mass is 237 g/mol. The number of hydrogen-bond donors (Lipinski definition) is 1. The predicted octanol–water partition coefficient (Wildman–Crippen LogP) is 3.60. The van der Waals surface area contributed by atoms with Crippen LogP contribution >= 0.6 is 0 Å². The quantitative estimate of drug-likeness (QED) is 0.776. The van der Waals surface area contributed by atoms with Crippen molar-refractivity contribution < 1.29 is 11.0 Å². The fraction of sp³-hybridized carbons (Fsp3) is 0.600. The molecule has 0 heterocycles. The van der Waals surface area contributed by atoms with E-state index >= 15 is 0 Å². The van der Waals surface area contributed by atoms with Crippen LogP contribution in [0.25, 0.3) is 0 Å². The average Bonchev–Trinajstić information content (AvgIpc) is 2.20. The fourth-order valence-corrected chi connectivity index (χ4v) is 2.85. The molecule has 1 aromatic rings. The van der Waals surface area contributed by atoms with Crippen molar-refractivity contribution in [2.75, 3.05) is 0 Å². The maximum atomic E-state index is 2.39. The summed E-state index contributed by atoms with van der Waals surface area (Å²) in [5.74, 6) is 1.79. The average molecular weight is 237 g/mol. The number of benzene rings is 1. The van der Waals surface area contributed by atoms with Crippen LogP contribution in [-0.4, -0.2) is 11.0 Å². The molecule has 1 aliphatic carbocycles. The van der Waals surface area contributed by atoms with E-state index in [1.165, 1.54) is 36.8 Å². The molecule has 2 rings (SSSR count). The lowest BCUT2D eigenvalue weighted by molar-refractivity contribution is 0.347. The van der Waals surface area contributed by atoms with E-state index < -0.39 is 0 Å². The van der Waals surface area contributed by atoms with Gasteiger partial charge in [-0.05, 0) is 49.7 Å². The molecule has 0 aromatic heterocycles. The van der Waals surface area contributed by atoms with Crippen LogP contribution in [0.1, 0.15) is 55.2 Å². The Labute approximate surface area is 105 Å². The second kappa shape index (κ2) is 6.77. The van der Waals surface area contributed by atoms with Crippen LogP contribution in [0.5, 0.6) is 0 Å². The van der Waals surface area contributed by atoms with E-state index in [0.29, 0.717) is 0 Å². The van der Waals surface area contributed by atoms with Gasteiger partial charge in [0.15, 0.2) is 0 Å². The molecule has 1 fully saturated rings. The lowest BCUT2D eigenvalue weighted by Gasteiger charge is -2.27.